The Bertz CT molecular complexity index is 339. The molecular weight excluding hydrogens is 354 g/mol. The van der Waals surface area contributed by atoms with Gasteiger partial charge in [0.05, 0.1) is 6.04 Å². The number of nitrogens with zero attached hydrogens (tertiary/aromatic N) is 1. The average molecular weight is 410 g/mol. The molecule has 0 spiro atoms. The Morgan fingerprint density at radius 2 is 0.862 bits per heavy atom. The van der Waals surface area contributed by atoms with E-state index in [9.17, 15) is 4.79 Å². The second kappa shape index (κ2) is 22.3. The van der Waals surface area contributed by atoms with Crippen molar-refractivity contribution in [2.75, 3.05) is 14.1 Å². The van der Waals surface area contributed by atoms with Gasteiger partial charge in [-0.15, -0.1) is 0 Å². The Labute approximate surface area is 184 Å². The van der Waals surface area contributed by atoms with Crippen LogP contribution in [0.3, 0.4) is 0 Å². The number of rotatable bonds is 23. The van der Waals surface area contributed by atoms with Crippen molar-refractivity contribution in [1.82, 2.24) is 4.90 Å². The number of carbonyl (C=O) groups excluding carboxylic acids is 1. The lowest BCUT2D eigenvalue weighted by molar-refractivity contribution is -0.123. The fraction of sp³-hybridized carbons (Fsp3) is 0.963. The van der Waals surface area contributed by atoms with Gasteiger partial charge in [-0.1, -0.05) is 129 Å². The van der Waals surface area contributed by atoms with Crippen molar-refractivity contribution >= 4 is 5.78 Å². The lowest BCUT2D eigenvalue weighted by Crippen LogP contribution is -2.34. The molecule has 1 unspecified atom stereocenters. The van der Waals surface area contributed by atoms with Gasteiger partial charge in [-0.2, -0.15) is 0 Å². The van der Waals surface area contributed by atoms with Gasteiger partial charge in [0, 0.05) is 6.42 Å². The van der Waals surface area contributed by atoms with Crippen molar-refractivity contribution < 1.29 is 4.79 Å². The fourth-order valence-corrected chi connectivity index (χ4v) is 4.43. The molecule has 1 atom stereocenters. The van der Waals surface area contributed by atoms with Crippen LogP contribution in [-0.4, -0.2) is 30.8 Å². The van der Waals surface area contributed by atoms with Crippen molar-refractivity contribution in [3.8, 4) is 0 Å². The number of carbonyl (C=O) groups is 1. The summed E-state index contributed by atoms with van der Waals surface area (Å²) in [4.78, 5) is 14.2. The molecule has 0 fully saturated rings. The van der Waals surface area contributed by atoms with Crippen LogP contribution in [-0.2, 0) is 4.79 Å². The van der Waals surface area contributed by atoms with E-state index >= 15 is 0 Å². The largest absolute Gasteiger partial charge is 0.300 e. The second-order valence-corrected chi connectivity index (χ2v) is 9.47. The molecule has 0 bridgehead atoms. The zero-order valence-electron chi connectivity index (χ0n) is 20.8. The third-order valence-electron chi connectivity index (χ3n) is 6.41. The van der Waals surface area contributed by atoms with Crippen molar-refractivity contribution in [3.05, 3.63) is 0 Å². The summed E-state index contributed by atoms with van der Waals surface area (Å²) >= 11 is 0. The Morgan fingerprint density at radius 1 is 0.552 bits per heavy atom. The molecule has 2 heteroatoms. The van der Waals surface area contributed by atoms with Gasteiger partial charge in [0.2, 0.25) is 0 Å². The Hall–Kier alpha value is -0.370. The van der Waals surface area contributed by atoms with Crippen LogP contribution in [0.1, 0.15) is 149 Å². The maximum Gasteiger partial charge on any atom is 0.149 e. The van der Waals surface area contributed by atoms with E-state index in [1.165, 1.54) is 116 Å². The maximum absolute atomic E-state index is 12.2. The SMILES string of the molecule is CCCCCCCCCCCCCCCCCCCCCC(=O)C(CC)N(C)C. The number of ketones is 1. The van der Waals surface area contributed by atoms with Gasteiger partial charge in [0.1, 0.15) is 5.78 Å². The summed E-state index contributed by atoms with van der Waals surface area (Å²) in [5, 5.41) is 0. The Kier molecular flexibility index (Phi) is 22.0. The highest BCUT2D eigenvalue weighted by atomic mass is 16.1. The van der Waals surface area contributed by atoms with E-state index < -0.39 is 0 Å². The zero-order chi connectivity index (χ0) is 21.6. The minimum absolute atomic E-state index is 0.130. The normalized spacial score (nSPS) is 12.6. The van der Waals surface area contributed by atoms with E-state index in [-0.39, 0.29) is 6.04 Å². The predicted octanol–water partition coefficient (Wildman–Crippen LogP) is 8.72. The van der Waals surface area contributed by atoms with Gasteiger partial charge in [-0.25, -0.2) is 0 Å². The third kappa shape index (κ3) is 19.3. The monoisotopic (exact) mass is 409 g/mol. The van der Waals surface area contributed by atoms with Gasteiger partial charge in [0.15, 0.2) is 0 Å². The van der Waals surface area contributed by atoms with Crippen molar-refractivity contribution in [2.45, 2.75) is 155 Å². The standard InChI is InChI=1S/C27H55NO/c1-5-7-8-9-10-11-12-13-14-15-16-17-18-19-20-21-22-23-24-25-27(29)26(6-2)28(3)4/h26H,5-25H2,1-4H3. The smallest absolute Gasteiger partial charge is 0.149 e. The van der Waals surface area contributed by atoms with E-state index in [4.69, 9.17) is 0 Å². The molecule has 0 aliphatic carbocycles. The molecule has 0 N–H and O–H groups in total. The lowest BCUT2D eigenvalue weighted by Gasteiger charge is -2.21. The molecule has 0 rings (SSSR count). The molecule has 0 saturated carbocycles. The molecule has 29 heavy (non-hydrogen) atoms. The summed E-state index contributed by atoms with van der Waals surface area (Å²) in [5.74, 6) is 0.435. The van der Waals surface area contributed by atoms with Crippen LogP contribution >= 0.6 is 0 Å². The van der Waals surface area contributed by atoms with E-state index in [0.29, 0.717) is 5.78 Å². The Morgan fingerprint density at radius 3 is 1.14 bits per heavy atom. The lowest BCUT2D eigenvalue weighted by atomic mass is 10.0. The van der Waals surface area contributed by atoms with Crippen LogP contribution in [0.15, 0.2) is 0 Å². The molecule has 0 saturated heterocycles. The van der Waals surface area contributed by atoms with Gasteiger partial charge in [0.25, 0.3) is 0 Å². The number of Topliss-reactive ketones (excluding diaryl/α,β-unsaturated/α-hetero) is 1. The van der Waals surface area contributed by atoms with Crippen LogP contribution in [0.4, 0.5) is 0 Å². The highest BCUT2D eigenvalue weighted by molar-refractivity contribution is 5.83. The number of hydrogen-bond donors (Lipinski definition) is 0. The van der Waals surface area contributed by atoms with Crippen LogP contribution in [0.5, 0.6) is 0 Å². The molecule has 2 nitrogen and oxygen atoms in total. The quantitative estimate of drug-likeness (QED) is 0.157. The van der Waals surface area contributed by atoms with E-state index in [1.807, 2.05) is 14.1 Å². The third-order valence-corrected chi connectivity index (χ3v) is 6.41. The second-order valence-electron chi connectivity index (χ2n) is 9.47. The van der Waals surface area contributed by atoms with Crippen LogP contribution in [0, 0.1) is 0 Å². The molecule has 0 amide bonds. The minimum Gasteiger partial charge on any atom is -0.300 e. The van der Waals surface area contributed by atoms with E-state index in [0.717, 1.165) is 19.3 Å². The number of unbranched alkanes of at least 4 members (excludes halogenated alkanes) is 18. The summed E-state index contributed by atoms with van der Waals surface area (Å²) in [5.41, 5.74) is 0. The molecule has 0 heterocycles. The molecule has 174 valence electrons. The first-order chi connectivity index (χ1) is 14.1. The predicted molar refractivity (Wildman–Crippen MR) is 131 cm³/mol. The summed E-state index contributed by atoms with van der Waals surface area (Å²) in [6.45, 7) is 4.40. The summed E-state index contributed by atoms with van der Waals surface area (Å²) < 4.78 is 0. The molecule has 0 aliphatic rings. The maximum atomic E-state index is 12.2. The highest BCUT2D eigenvalue weighted by Gasteiger charge is 2.17. The van der Waals surface area contributed by atoms with Gasteiger partial charge in [-0.05, 0) is 26.9 Å². The van der Waals surface area contributed by atoms with Crippen LogP contribution in [0.2, 0.25) is 0 Å². The molecule has 0 aromatic rings. The summed E-state index contributed by atoms with van der Waals surface area (Å²) in [7, 11) is 4.03. The molecule has 0 radical (unpaired) electrons. The molecular formula is C27H55NO. The number of likely N-dealkylation sites (N-methyl/N-ethyl adjacent to an activating group) is 1. The van der Waals surface area contributed by atoms with E-state index in [1.54, 1.807) is 0 Å². The van der Waals surface area contributed by atoms with E-state index in [2.05, 4.69) is 18.7 Å². The van der Waals surface area contributed by atoms with Crippen molar-refractivity contribution in [2.24, 2.45) is 0 Å². The molecule has 0 aromatic heterocycles. The highest BCUT2D eigenvalue weighted by Crippen LogP contribution is 2.15. The average Bonchev–Trinajstić information content (AvgIpc) is 2.70. The summed E-state index contributed by atoms with van der Waals surface area (Å²) in [6.07, 6.45) is 28.3. The van der Waals surface area contributed by atoms with Gasteiger partial charge < -0.3 is 0 Å². The van der Waals surface area contributed by atoms with Gasteiger partial charge in [-0.3, -0.25) is 9.69 Å². The topological polar surface area (TPSA) is 20.3 Å². The minimum atomic E-state index is 0.130. The van der Waals surface area contributed by atoms with Crippen LogP contribution in [0.25, 0.3) is 0 Å². The Balaban J connectivity index is 3.20. The number of hydrogen-bond acceptors (Lipinski definition) is 2. The van der Waals surface area contributed by atoms with Crippen LogP contribution < -0.4 is 0 Å². The fourth-order valence-electron chi connectivity index (χ4n) is 4.43. The first kappa shape index (κ1) is 28.6. The first-order valence-corrected chi connectivity index (χ1v) is 13.3. The van der Waals surface area contributed by atoms with Crippen molar-refractivity contribution in [3.63, 3.8) is 0 Å². The summed E-state index contributed by atoms with van der Waals surface area (Å²) in [6, 6.07) is 0.130. The van der Waals surface area contributed by atoms with Crippen molar-refractivity contribution in [1.29, 1.82) is 0 Å². The zero-order valence-corrected chi connectivity index (χ0v) is 20.8. The molecule has 0 aliphatic heterocycles. The first-order valence-electron chi connectivity index (χ1n) is 13.3. The molecule has 0 aromatic carbocycles. The van der Waals surface area contributed by atoms with Gasteiger partial charge >= 0.3 is 0 Å².